The minimum absolute atomic E-state index is 0.407. The molecule has 0 bridgehead atoms. The molecule has 0 saturated heterocycles. The van der Waals surface area contributed by atoms with E-state index in [0.29, 0.717) is 28.7 Å². The van der Waals surface area contributed by atoms with Crippen LogP contribution in [0.25, 0.3) is 22.2 Å². The number of benzene rings is 1. The zero-order valence-electron chi connectivity index (χ0n) is 15.0. The molecule has 134 valence electrons. The maximum atomic E-state index is 6.22. The number of anilines is 1. The van der Waals surface area contributed by atoms with Gasteiger partial charge in [0.1, 0.15) is 12.1 Å². The first-order chi connectivity index (χ1) is 12.7. The largest absolute Gasteiger partial charge is 0.493 e. The van der Waals surface area contributed by atoms with Gasteiger partial charge in [-0.25, -0.2) is 15.0 Å². The lowest BCUT2D eigenvalue weighted by atomic mass is 9.94. The second kappa shape index (κ2) is 6.33. The molecular formula is C19H20N4O3. The first-order valence-electron chi connectivity index (χ1n) is 8.40. The first kappa shape index (κ1) is 16.4. The fraction of sp³-hybridized carbons (Fsp3) is 0.316. The van der Waals surface area contributed by atoms with Gasteiger partial charge in [-0.3, -0.25) is 0 Å². The number of aromatic nitrogens is 3. The smallest absolute Gasteiger partial charge is 0.203 e. The van der Waals surface area contributed by atoms with Gasteiger partial charge in [-0.1, -0.05) is 0 Å². The van der Waals surface area contributed by atoms with Crippen LogP contribution < -0.4 is 19.9 Å². The van der Waals surface area contributed by atoms with Crippen molar-refractivity contribution < 1.29 is 14.2 Å². The number of aryl methyl sites for hydroxylation is 1. The van der Waals surface area contributed by atoms with Gasteiger partial charge >= 0.3 is 0 Å². The number of methoxy groups -OCH3 is 3. The van der Waals surface area contributed by atoms with Gasteiger partial charge < -0.3 is 19.9 Å². The highest BCUT2D eigenvalue weighted by molar-refractivity contribution is 6.03. The van der Waals surface area contributed by atoms with Gasteiger partial charge in [-0.05, 0) is 37.0 Å². The first-order valence-corrected chi connectivity index (χ1v) is 8.40. The maximum Gasteiger partial charge on any atom is 0.203 e. The lowest BCUT2D eigenvalue weighted by Crippen LogP contribution is -2.03. The van der Waals surface area contributed by atoms with Gasteiger partial charge in [0.2, 0.25) is 5.75 Å². The summed E-state index contributed by atoms with van der Waals surface area (Å²) in [5.74, 6) is 2.15. The molecule has 0 unspecified atom stereocenters. The molecule has 7 heteroatoms. The third-order valence-electron chi connectivity index (χ3n) is 4.81. The van der Waals surface area contributed by atoms with Crippen LogP contribution in [0.2, 0.25) is 0 Å². The van der Waals surface area contributed by atoms with Crippen molar-refractivity contribution in [1.82, 2.24) is 15.0 Å². The number of pyridine rings is 1. The molecule has 4 rings (SSSR count). The summed E-state index contributed by atoms with van der Waals surface area (Å²) in [7, 11) is 4.81. The highest BCUT2D eigenvalue weighted by Crippen LogP contribution is 2.48. The number of ether oxygens (including phenoxy) is 3. The Bertz CT molecular complexity index is 1000. The molecule has 2 N–H and O–H groups in total. The minimum atomic E-state index is 0.407. The van der Waals surface area contributed by atoms with E-state index in [1.165, 1.54) is 11.9 Å². The van der Waals surface area contributed by atoms with E-state index in [0.717, 1.165) is 41.5 Å². The number of hydrogen-bond acceptors (Lipinski definition) is 7. The molecule has 2 aromatic heterocycles. The number of nitrogens with zero attached hydrogens (tertiary/aromatic N) is 3. The van der Waals surface area contributed by atoms with Gasteiger partial charge in [0.25, 0.3) is 0 Å². The predicted octanol–water partition coefficient (Wildman–Crippen LogP) is 2.79. The van der Waals surface area contributed by atoms with Crippen LogP contribution in [0.5, 0.6) is 17.2 Å². The molecule has 1 aliphatic rings. The molecule has 7 nitrogen and oxygen atoms in total. The molecule has 0 aliphatic heterocycles. The molecule has 0 radical (unpaired) electrons. The van der Waals surface area contributed by atoms with Gasteiger partial charge in [0, 0.05) is 16.8 Å². The lowest BCUT2D eigenvalue weighted by molar-refractivity contribution is 0.325. The summed E-state index contributed by atoms with van der Waals surface area (Å²) in [6.45, 7) is 0. The van der Waals surface area contributed by atoms with Crippen molar-refractivity contribution in [3.8, 4) is 28.4 Å². The van der Waals surface area contributed by atoms with E-state index in [1.54, 1.807) is 21.3 Å². The van der Waals surface area contributed by atoms with Crippen LogP contribution in [-0.4, -0.2) is 36.3 Å². The summed E-state index contributed by atoms with van der Waals surface area (Å²) in [6.07, 6.45) is 4.35. The number of rotatable bonds is 4. The normalized spacial score (nSPS) is 12.9. The van der Waals surface area contributed by atoms with Gasteiger partial charge in [0.05, 0.1) is 26.7 Å². The Balaban J connectivity index is 2.13. The second-order valence-electron chi connectivity index (χ2n) is 6.11. The lowest BCUT2D eigenvalue weighted by Gasteiger charge is -2.19. The average molecular weight is 352 g/mol. The van der Waals surface area contributed by atoms with Gasteiger partial charge in [-0.15, -0.1) is 0 Å². The standard InChI is InChI=1S/C19H20N4O3/c1-24-13-8-7-11(16(25-2)17(13)26-3)14-10-5-4-6-12(10)23-19-15(14)18(20)21-9-22-19/h7-9H,4-6H2,1-3H3,(H2,20,21,22,23). The van der Waals surface area contributed by atoms with Crippen LogP contribution in [-0.2, 0) is 12.8 Å². The molecule has 0 spiro atoms. The molecule has 2 heterocycles. The third-order valence-corrected chi connectivity index (χ3v) is 4.81. The fourth-order valence-electron chi connectivity index (χ4n) is 3.71. The van der Waals surface area contributed by atoms with E-state index in [9.17, 15) is 0 Å². The highest BCUT2D eigenvalue weighted by atomic mass is 16.5. The second-order valence-corrected chi connectivity index (χ2v) is 6.11. The van der Waals surface area contributed by atoms with E-state index in [1.807, 2.05) is 12.1 Å². The SMILES string of the molecule is COc1ccc(-c2c3c(nc4ncnc(N)c24)CCC3)c(OC)c1OC. The van der Waals surface area contributed by atoms with Crippen molar-refractivity contribution in [3.05, 3.63) is 29.7 Å². The Kier molecular flexibility index (Phi) is 3.99. The van der Waals surface area contributed by atoms with Crippen molar-refractivity contribution in [1.29, 1.82) is 0 Å². The van der Waals surface area contributed by atoms with E-state index in [4.69, 9.17) is 24.9 Å². The summed E-state index contributed by atoms with van der Waals surface area (Å²) in [5.41, 5.74) is 10.9. The van der Waals surface area contributed by atoms with Crippen LogP contribution in [0.15, 0.2) is 18.5 Å². The molecule has 0 amide bonds. The molecule has 26 heavy (non-hydrogen) atoms. The molecule has 1 aromatic carbocycles. The summed E-state index contributed by atoms with van der Waals surface area (Å²) < 4.78 is 16.7. The quantitative estimate of drug-likeness (QED) is 0.772. The van der Waals surface area contributed by atoms with Crippen molar-refractivity contribution in [2.75, 3.05) is 27.1 Å². The van der Waals surface area contributed by atoms with Crippen molar-refractivity contribution >= 4 is 16.9 Å². The summed E-state index contributed by atoms with van der Waals surface area (Å²) >= 11 is 0. The monoisotopic (exact) mass is 352 g/mol. The Morgan fingerprint density at radius 2 is 1.77 bits per heavy atom. The summed E-state index contributed by atoms with van der Waals surface area (Å²) in [5, 5.41) is 0.749. The molecule has 3 aromatic rings. The van der Waals surface area contributed by atoms with E-state index in [2.05, 4.69) is 9.97 Å². The molecule has 1 aliphatic carbocycles. The van der Waals surface area contributed by atoms with Crippen LogP contribution in [0, 0.1) is 0 Å². The summed E-state index contributed by atoms with van der Waals surface area (Å²) in [4.78, 5) is 13.2. The van der Waals surface area contributed by atoms with Crippen LogP contribution >= 0.6 is 0 Å². The van der Waals surface area contributed by atoms with Crippen molar-refractivity contribution in [2.45, 2.75) is 19.3 Å². The van der Waals surface area contributed by atoms with Gasteiger partial charge in [-0.2, -0.15) is 0 Å². The topological polar surface area (TPSA) is 92.4 Å². The highest BCUT2D eigenvalue weighted by Gasteiger charge is 2.26. The number of nitrogens with two attached hydrogens (primary N) is 1. The Morgan fingerprint density at radius 1 is 0.962 bits per heavy atom. The maximum absolute atomic E-state index is 6.22. The summed E-state index contributed by atoms with van der Waals surface area (Å²) in [6, 6.07) is 3.82. The Labute approximate surface area is 151 Å². The molecular weight excluding hydrogens is 332 g/mol. The predicted molar refractivity (Wildman–Crippen MR) is 98.9 cm³/mol. The van der Waals surface area contributed by atoms with Crippen LogP contribution in [0.1, 0.15) is 17.7 Å². The fourth-order valence-corrected chi connectivity index (χ4v) is 3.71. The number of hydrogen-bond donors (Lipinski definition) is 1. The van der Waals surface area contributed by atoms with Gasteiger partial charge in [0.15, 0.2) is 17.1 Å². The van der Waals surface area contributed by atoms with Crippen molar-refractivity contribution in [2.24, 2.45) is 0 Å². The number of fused-ring (bicyclic) bond motifs is 2. The Hall–Kier alpha value is -3.09. The zero-order valence-corrected chi connectivity index (χ0v) is 15.0. The average Bonchev–Trinajstić information content (AvgIpc) is 3.13. The third kappa shape index (κ3) is 2.31. The van der Waals surface area contributed by atoms with Crippen molar-refractivity contribution in [3.63, 3.8) is 0 Å². The van der Waals surface area contributed by atoms with E-state index in [-0.39, 0.29) is 0 Å². The molecule has 0 fully saturated rings. The Morgan fingerprint density at radius 3 is 2.50 bits per heavy atom. The van der Waals surface area contributed by atoms with E-state index >= 15 is 0 Å². The van der Waals surface area contributed by atoms with Crippen LogP contribution in [0.4, 0.5) is 5.82 Å². The van der Waals surface area contributed by atoms with Crippen LogP contribution in [0.3, 0.4) is 0 Å². The molecule has 0 atom stereocenters. The van der Waals surface area contributed by atoms with E-state index < -0.39 is 0 Å². The molecule has 0 saturated carbocycles. The minimum Gasteiger partial charge on any atom is -0.493 e. The number of nitrogen functional groups attached to an aromatic ring is 1. The zero-order chi connectivity index (χ0) is 18.3.